The van der Waals surface area contributed by atoms with Gasteiger partial charge in [0.25, 0.3) is 0 Å². The summed E-state index contributed by atoms with van der Waals surface area (Å²) in [5.74, 6) is 0. The molecule has 0 aliphatic carbocycles. The number of nitrogens with two attached hydrogens (primary N) is 1. The summed E-state index contributed by atoms with van der Waals surface area (Å²) in [7, 11) is -4.24. The third-order valence-corrected chi connectivity index (χ3v) is 0. The minimum absolute atomic E-state index is 1.50. The summed E-state index contributed by atoms with van der Waals surface area (Å²) in [5, 5.41) is 0. The van der Waals surface area contributed by atoms with Crippen molar-refractivity contribution >= 4 is 16.5 Å². The highest BCUT2D eigenvalue weighted by molar-refractivity contribution is 7.31. The Morgan fingerprint density at radius 2 is 0.900 bits per heavy atom. The smallest absolute Gasteiger partial charge is 0.333 e. The second-order valence-corrected chi connectivity index (χ2v) is 1.52. The van der Waals surface area contributed by atoms with Crippen molar-refractivity contribution in [3.05, 3.63) is 0 Å². The first kappa shape index (κ1) is 16.5. The first-order valence-corrected chi connectivity index (χ1v) is 4.07. The van der Waals surface area contributed by atoms with E-state index >= 15 is 0 Å². The van der Waals surface area contributed by atoms with Crippen LogP contribution in [0.15, 0.2) is 0 Å². The first-order chi connectivity index (χ1) is 4.46. The summed E-state index contributed by atoms with van der Waals surface area (Å²) in [6, 6.07) is 0. The molecule has 0 heterocycles. The van der Waals surface area contributed by atoms with Crippen molar-refractivity contribution in [1.82, 2.24) is 0 Å². The van der Waals surface area contributed by atoms with Crippen LogP contribution in [0.4, 0.5) is 0 Å². The van der Waals surface area contributed by atoms with Gasteiger partial charge in [0.1, 0.15) is 0 Å². The molecule has 0 saturated heterocycles. The van der Waals surface area contributed by atoms with Crippen molar-refractivity contribution in [3.63, 3.8) is 0 Å². The van der Waals surface area contributed by atoms with Gasteiger partial charge in [0.15, 0.2) is 0 Å². The van der Waals surface area contributed by atoms with Gasteiger partial charge in [-0.2, -0.15) is 0 Å². The van der Waals surface area contributed by atoms with Crippen LogP contribution in [0.25, 0.3) is 0 Å². The first-order valence-electron chi connectivity index (χ1n) is 1.74. The lowest BCUT2D eigenvalue weighted by Gasteiger charge is -1.34. The number of hydrogen-bond acceptors (Lipinski definition) is 3. The van der Waals surface area contributed by atoms with E-state index in [-0.39, 0.29) is 0 Å². The summed E-state index contributed by atoms with van der Waals surface area (Å²) >= 11 is 0. The maximum atomic E-state index is 8.70. The van der Waals surface area contributed by atoms with Gasteiger partial charge >= 0.3 is 16.5 Å². The minimum atomic E-state index is -2.87. The fourth-order valence-corrected chi connectivity index (χ4v) is 0. The van der Waals surface area contributed by atoms with E-state index < -0.39 is 16.5 Å². The largest absolute Gasteiger partial charge is 0.692 e. The maximum Gasteiger partial charge on any atom is 0.692 e. The molecule has 0 aromatic heterocycles. The zero-order valence-electron chi connectivity index (χ0n) is 5.08. The molecule has 0 spiro atoms. The van der Waals surface area contributed by atoms with Crippen LogP contribution in [0, 0.1) is 0 Å². The summed E-state index contributed by atoms with van der Waals surface area (Å²) in [5.41, 5.74) is 4.50. The molecule has 0 atom stereocenters. The Bertz CT molecular complexity index is 73.7. The van der Waals surface area contributed by atoms with Crippen LogP contribution in [-0.2, 0) is 9.13 Å². The van der Waals surface area contributed by atoms with E-state index in [2.05, 4.69) is 5.73 Å². The average molecular weight is 193 g/mol. The van der Waals surface area contributed by atoms with Crippen LogP contribution >= 0.6 is 16.5 Å². The van der Waals surface area contributed by atoms with Gasteiger partial charge in [-0.25, -0.2) is 0 Å². The topological polar surface area (TPSA) is 141 Å². The van der Waals surface area contributed by atoms with Gasteiger partial charge in [-0.15, -0.1) is 19.6 Å². The Hall–Kier alpha value is -0.0000000000000000416. The molecule has 7 nitrogen and oxygen atoms in total. The molecule has 0 unspecified atom stereocenters. The minimum Gasteiger partial charge on any atom is -0.333 e. The molecule has 0 aliphatic rings. The van der Waals surface area contributed by atoms with E-state index in [9.17, 15) is 0 Å². The van der Waals surface area contributed by atoms with Crippen LogP contribution in [0.2, 0.25) is 0 Å². The second-order valence-electron chi connectivity index (χ2n) is 0.505. The van der Waals surface area contributed by atoms with E-state index in [1.807, 2.05) is 0 Å². The third kappa shape index (κ3) is 225999999999999998076295744533299200. The zero-order valence-corrected chi connectivity index (χ0v) is 6.87. The van der Waals surface area contributed by atoms with Crippen molar-refractivity contribution in [1.29, 1.82) is 0 Å². The summed E-state index contributed by atoms with van der Waals surface area (Å²) in [6.45, 7) is 0. The van der Waals surface area contributed by atoms with E-state index in [1.165, 1.54) is 7.05 Å². The Labute approximate surface area is 59.0 Å². The third-order valence-electron chi connectivity index (χ3n) is 0. The van der Waals surface area contributed by atoms with Gasteiger partial charge in [0.05, 0.1) is 0 Å². The predicted molar refractivity (Wildman–Crippen MR) is 34.2 cm³/mol. The average Bonchev–Trinajstić information content (AvgIpc) is 1.66. The van der Waals surface area contributed by atoms with Gasteiger partial charge in [-0.3, -0.25) is 0 Å². The van der Waals surface area contributed by atoms with Gasteiger partial charge in [-0.05, 0) is 7.05 Å². The van der Waals surface area contributed by atoms with Crippen molar-refractivity contribution in [2.45, 2.75) is 0 Å². The Morgan fingerprint density at radius 3 is 0.900 bits per heavy atom. The van der Waals surface area contributed by atoms with Gasteiger partial charge in [-0.1, -0.05) is 0 Å². The van der Waals surface area contributed by atoms with Crippen molar-refractivity contribution in [2.24, 2.45) is 5.73 Å². The van der Waals surface area contributed by atoms with E-state index in [0.29, 0.717) is 0 Å². The van der Waals surface area contributed by atoms with Gasteiger partial charge < -0.3 is 5.73 Å². The molecule has 6 N–H and O–H groups in total. The maximum absolute atomic E-state index is 8.70. The highest BCUT2D eigenvalue weighted by Gasteiger charge is 1.93. The molecule has 0 bridgehead atoms. The fraction of sp³-hybridized carbons (Fsp3) is 1.00. The normalized spacial score (nSPS) is 5.80. The highest BCUT2D eigenvalue weighted by atomic mass is 31.1. The lowest BCUT2D eigenvalue weighted by Crippen LogP contribution is -1.69. The van der Waals surface area contributed by atoms with Crippen LogP contribution in [-0.4, -0.2) is 26.6 Å². The molecule has 10 heavy (non-hydrogen) atoms. The number of rotatable bonds is 0. The Kier molecular flexibility index (Phi) is 26.4. The molecule has 0 saturated carbocycles. The standard InChI is InChI=1S/CH5N.2HO3P/c1-2;2*1-4(2)3/h2H2,1H3;2*(H-,1,2,3)/p+2. The van der Waals surface area contributed by atoms with Crippen LogP contribution in [0.1, 0.15) is 0 Å². The van der Waals surface area contributed by atoms with E-state index in [4.69, 9.17) is 28.7 Å². The number of hydrogen-bond donors (Lipinski definition) is 5. The zero-order chi connectivity index (χ0) is 9.15. The SMILES string of the molecule is CN.O=[P+](O)O.O=[P+](O)O. The fourth-order valence-electron chi connectivity index (χ4n) is 0. The molecular formula is CH9NO6P2+2. The van der Waals surface area contributed by atoms with Gasteiger partial charge in [0, 0.05) is 9.13 Å². The molecule has 0 rings (SSSR count). The monoisotopic (exact) mass is 193 g/mol. The summed E-state index contributed by atoms with van der Waals surface area (Å²) < 4.78 is 17.4. The van der Waals surface area contributed by atoms with Gasteiger partial charge in [0.2, 0.25) is 0 Å². The van der Waals surface area contributed by atoms with Crippen LogP contribution < -0.4 is 5.73 Å². The van der Waals surface area contributed by atoms with Crippen molar-refractivity contribution < 1.29 is 28.7 Å². The predicted octanol–water partition coefficient (Wildman–Crippen LogP) is -1.17. The van der Waals surface area contributed by atoms with Crippen LogP contribution in [0.3, 0.4) is 0 Å². The summed E-state index contributed by atoms with van der Waals surface area (Å²) in [6.07, 6.45) is 0. The van der Waals surface area contributed by atoms with Crippen molar-refractivity contribution in [3.8, 4) is 0 Å². The van der Waals surface area contributed by atoms with E-state index in [1.54, 1.807) is 0 Å². The Morgan fingerprint density at radius 1 is 0.900 bits per heavy atom. The molecule has 0 fully saturated rings. The summed E-state index contributed by atoms with van der Waals surface area (Å²) in [4.78, 5) is 28.5. The van der Waals surface area contributed by atoms with E-state index in [0.717, 1.165) is 0 Å². The molecular weight excluding hydrogens is 184 g/mol. The van der Waals surface area contributed by atoms with Crippen molar-refractivity contribution in [2.75, 3.05) is 7.05 Å². The molecule has 62 valence electrons. The molecule has 0 aromatic carbocycles. The highest BCUT2D eigenvalue weighted by Crippen LogP contribution is 1.98. The quantitative estimate of drug-likeness (QED) is 0.305. The Balaban J connectivity index is -0.0000000787. The molecule has 9 heteroatoms. The second kappa shape index (κ2) is 16.0. The molecule has 0 amide bonds. The lowest BCUT2D eigenvalue weighted by molar-refractivity contribution is 0.403. The lowest BCUT2D eigenvalue weighted by atomic mass is 11.6. The van der Waals surface area contributed by atoms with Crippen LogP contribution in [0.5, 0.6) is 0 Å². The molecule has 0 aromatic rings. The molecule has 0 aliphatic heterocycles. The molecule has 0 radical (unpaired) electrons.